The molecule has 26 heavy (non-hydrogen) atoms. The number of aromatic nitrogens is 1. The van der Waals surface area contributed by atoms with Crippen LogP contribution in [-0.4, -0.2) is 29.4 Å². The average molecular weight is 375 g/mol. The number of hydrogen-bond acceptors (Lipinski definition) is 5. The van der Waals surface area contributed by atoms with Crippen LogP contribution in [0.4, 0.5) is 0 Å². The van der Waals surface area contributed by atoms with Crippen molar-refractivity contribution in [3.63, 3.8) is 0 Å². The van der Waals surface area contributed by atoms with Crippen molar-refractivity contribution in [1.82, 2.24) is 9.88 Å². The van der Waals surface area contributed by atoms with Gasteiger partial charge in [-0.05, 0) is 43.0 Å². The number of hydrogen-bond donors (Lipinski definition) is 0. The Hall–Kier alpha value is -2.08. The van der Waals surface area contributed by atoms with Crippen LogP contribution in [0.15, 0.2) is 29.6 Å². The van der Waals surface area contributed by atoms with Crippen molar-refractivity contribution in [1.29, 1.82) is 0 Å². The van der Waals surface area contributed by atoms with Crippen LogP contribution in [0.3, 0.4) is 0 Å². The Morgan fingerprint density at radius 2 is 1.96 bits per heavy atom. The molecular formula is C20H26N2O3S. The fourth-order valence-electron chi connectivity index (χ4n) is 2.76. The summed E-state index contributed by atoms with van der Waals surface area (Å²) in [6.07, 6.45) is 2.07. The Balaban J connectivity index is 1.56. The van der Waals surface area contributed by atoms with Gasteiger partial charge in [-0.1, -0.05) is 13.8 Å². The summed E-state index contributed by atoms with van der Waals surface area (Å²) in [6.45, 7) is 6.08. The molecule has 0 radical (unpaired) electrons. The van der Waals surface area contributed by atoms with Gasteiger partial charge in [0, 0.05) is 17.8 Å². The van der Waals surface area contributed by atoms with E-state index < -0.39 is 0 Å². The lowest BCUT2D eigenvalue weighted by Crippen LogP contribution is -2.34. The lowest BCUT2D eigenvalue weighted by Gasteiger charge is -2.23. The minimum absolute atomic E-state index is 0.241. The quantitative estimate of drug-likeness (QED) is 0.662. The summed E-state index contributed by atoms with van der Waals surface area (Å²) < 4.78 is 10.9. The number of amides is 1. The minimum Gasteiger partial charge on any atom is -0.497 e. The Labute approximate surface area is 159 Å². The standard InChI is InChI=1S/C20H26N2O3S/c1-14(2)10-22(20(23)15-4-5-15)11-16-13-26-19(21-16)12-25-18-8-6-17(24-3)7-9-18/h6-9,13-15H,4-5,10-12H2,1-3H3. The van der Waals surface area contributed by atoms with Crippen LogP contribution in [-0.2, 0) is 17.9 Å². The van der Waals surface area contributed by atoms with E-state index in [0.29, 0.717) is 19.1 Å². The Morgan fingerprint density at radius 3 is 2.58 bits per heavy atom. The van der Waals surface area contributed by atoms with Gasteiger partial charge in [-0.2, -0.15) is 0 Å². The van der Waals surface area contributed by atoms with Gasteiger partial charge in [0.05, 0.1) is 19.3 Å². The van der Waals surface area contributed by atoms with Gasteiger partial charge in [-0.15, -0.1) is 11.3 Å². The summed E-state index contributed by atoms with van der Waals surface area (Å²) in [5.41, 5.74) is 0.943. The number of carbonyl (C=O) groups is 1. The molecule has 0 spiro atoms. The van der Waals surface area contributed by atoms with Gasteiger partial charge >= 0.3 is 0 Å². The monoisotopic (exact) mass is 374 g/mol. The van der Waals surface area contributed by atoms with Crippen LogP contribution in [0.2, 0.25) is 0 Å². The zero-order chi connectivity index (χ0) is 18.5. The number of ether oxygens (including phenoxy) is 2. The van der Waals surface area contributed by atoms with E-state index in [2.05, 4.69) is 18.8 Å². The molecule has 0 N–H and O–H groups in total. The number of methoxy groups -OCH3 is 1. The fraction of sp³-hybridized carbons (Fsp3) is 0.500. The van der Waals surface area contributed by atoms with Crippen molar-refractivity contribution in [2.45, 2.75) is 39.8 Å². The van der Waals surface area contributed by atoms with Crippen molar-refractivity contribution in [3.05, 3.63) is 40.3 Å². The maximum atomic E-state index is 12.5. The van der Waals surface area contributed by atoms with Gasteiger partial charge in [0.1, 0.15) is 23.1 Å². The van der Waals surface area contributed by atoms with E-state index in [9.17, 15) is 4.79 Å². The Morgan fingerprint density at radius 1 is 1.27 bits per heavy atom. The first-order valence-corrected chi connectivity index (χ1v) is 9.92. The molecule has 0 atom stereocenters. The van der Waals surface area contributed by atoms with E-state index in [1.54, 1.807) is 18.4 Å². The van der Waals surface area contributed by atoms with E-state index in [4.69, 9.17) is 9.47 Å². The van der Waals surface area contributed by atoms with Crippen LogP contribution in [0, 0.1) is 11.8 Å². The first-order valence-electron chi connectivity index (χ1n) is 9.04. The molecule has 0 aliphatic heterocycles. The van der Waals surface area contributed by atoms with Crippen LogP contribution >= 0.6 is 11.3 Å². The molecule has 1 fully saturated rings. The molecule has 2 aromatic rings. The first kappa shape index (κ1) is 18.7. The van der Waals surface area contributed by atoms with E-state index in [-0.39, 0.29) is 11.8 Å². The normalized spacial score (nSPS) is 13.7. The molecule has 1 aliphatic rings. The van der Waals surface area contributed by atoms with E-state index in [1.807, 2.05) is 34.5 Å². The molecule has 1 aromatic heterocycles. The molecule has 1 amide bonds. The number of carbonyl (C=O) groups excluding carboxylic acids is 1. The summed E-state index contributed by atoms with van der Waals surface area (Å²) in [4.78, 5) is 19.1. The second-order valence-corrected chi connectivity index (χ2v) is 8.03. The van der Waals surface area contributed by atoms with Crippen molar-refractivity contribution in [2.24, 2.45) is 11.8 Å². The molecule has 6 heteroatoms. The number of nitrogens with zero attached hydrogens (tertiary/aromatic N) is 2. The van der Waals surface area contributed by atoms with Gasteiger partial charge in [0.25, 0.3) is 0 Å². The highest BCUT2D eigenvalue weighted by atomic mass is 32.1. The molecule has 0 bridgehead atoms. The molecule has 1 saturated carbocycles. The molecule has 3 rings (SSSR count). The van der Waals surface area contributed by atoms with Crippen molar-refractivity contribution >= 4 is 17.2 Å². The maximum Gasteiger partial charge on any atom is 0.226 e. The smallest absolute Gasteiger partial charge is 0.226 e. The van der Waals surface area contributed by atoms with E-state index >= 15 is 0 Å². The van der Waals surface area contributed by atoms with Gasteiger partial charge in [-0.3, -0.25) is 4.79 Å². The summed E-state index contributed by atoms with van der Waals surface area (Å²) in [6, 6.07) is 7.50. The lowest BCUT2D eigenvalue weighted by molar-refractivity contribution is -0.133. The average Bonchev–Trinajstić information content (AvgIpc) is 3.39. The molecule has 1 aromatic carbocycles. The second-order valence-electron chi connectivity index (χ2n) is 7.08. The summed E-state index contributed by atoms with van der Waals surface area (Å²) in [5, 5.41) is 2.94. The van der Waals surface area contributed by atoms with Gasteiger partial charge in [0.15, 0.2) is 0 Å². The third kappa shape index (κ3) is 5.21. The molecule has 140 valence electrons. The summed E-state index contributed by atoms with van der Waals surface area (Å²) in [5.74, 6) is 2.56. The topological polar surface area (TPSA) is 51.7 Å². The van der Waals surface area contributed by atoms with Crippen LogP contribution in [0.1, 0.15) is 37.4 Å². The maximum absolute atomic E-state index is 12.5. The third-order valence-electron chi connectivity index (χ3n) is 4.20. The predicted octanol–water partition coefficient (Wildman–Crippen LogP) is 4.13. The zero-order valence-electron chi connectivity index (χ0n) is 15.6. The van der Waals surface area contributed by atoms with Crippen molar-refractivity contribution in [3.8, 4) is 11.5 Å². The molecular weight excluding hydrogens is 348 g/mol. The third-order valence-corrected chi connectivity index (χ3v) is 5.07. The van der Waals surface area contributed by atoms with Crippen LogP contribution < -0.4 is 9.47 Å². The number of thiazole rings is 1. The van der Waals surface area contributed by atoms with Crippen molar-refractivity contribution < 1.29 is 14.3 Å². The summed E-state index contributed by atoms with van der Waals surface area (Å²) >= 11 is 1.57. The predicted molar refractivity (Wildman–Crippen MR) is 102 cm³/mol. The highest BCUT2D eigenvalue weighted by Gasteiger charge is 2.33. The first-order chi connectivity index (χ1) is 12.5. The molecule has 0 unspecified atom stereocenters. The highest BCUT2D eigenvalue weighted by molar-refractivity contribution is 7.09. The molecule has 1 aliphatic carbocycles. The summed E-state index contributed by atoms with van der Waals surface area (Å²) in [7, 11) is 1.64. The Kier molecular flexibility index (Phi) is 6.14. The zero-order valence-corrected chi connectivity index (χ0v) is 16.4. The van der Waals surface area contributed by atoms with Gasteiger partial charge < -0.3 is 14.4 Å². The highest BCUT2D eigenvalue weighted by Crippen LogP contribution is 2.32. The lowest BCUT2D eigenvalue weighted by atomic mass is 10.2. The van der Waals surface area contributed by atoms with E-state index in [1.165, 1.54) is 0 Å². The van der Waals surface area contributed by atoms with E-state index in [0.717, 1.165) is 41.6 Å². The fourth-order valence-corrected chi connectivity index (χ4v) is 3.46. The Bertz CT molecular complexity index is 723. The number of rotatable bonds is 9. The molecule has 5 nitrogen and oxygen atoms in total. The SMILES string of the molecule is COc1ccc(OCc2nc(CN(CC(C)C)C(=O)C3CC3)cs2)cc1. The van der Waals surface area contributed by atoms with Gasteiger partial charge in [0.2, 0.25) is 5.91 Å². The minimum atomic E-state index is 0.241. The van der Waals surface area contributed by atoms with Crippen LogP contribution in [0.25, 0.3) is 0 Å². The largest absolute Gasteiger partial charge is 0.497 e. The van der Waals surface area contributed by atoms with Crippen LogP contribution in [0.5, 0.6) is 11.5 Å². The van der Waals surface area contributed by atoms with Crippen molar-refractivity contribution in [2.75, 3.05) is 13.7 Å². The molecule has 0 saturated heterocycles. The number of benzene rings is 1. The molecule has 1 heterocycles. The van der Waals surface area contributed by atoms with Gasteiger partial charge in [-0.25, -0.2) is 4.98 Å². The second kappa shape index (κ2) is 8.54.